The summed E-state index contributed by atoms with van der Waals surface area (Å²) >= 11 is 0. The Morgan fingerprint density at radius 1 is 1.06 bits per heavy atom. The second kappa shape index (κ2) is 10.1. The number of rotatable bonds is 8. The summed E-state index contributed by atoms with van der Waals surface area (Å²) in [7, 11) is 2.93. The summed E-state index contributed by atoms with van der Waals surface area (Å²) < 4.78 is 17.3. The molecule has 2 N–H and O–H groups in total. The van der Waals surface area contributed by atoms with Crippen LogP contribution in [0.3, 0.4) is 0 Å². The normalized spacial score (nSPS) is 11.7. The van der Waals surface area contributed by atoms with Gasteiger partial charge in [0.05, 0.1) is 30.6 Å². The third-order valence-corrected chi connectivity index (χ3v) is 5.44. The fraction of sp³-hybridized carbons (Fsp3) is 0.200. The molecule has 2 heterocycles. The van der Waals surface area contributed by atoms with E-state index in [9.17, 15) is 4.79 Å². The van der Waals surface area contributed by atoms with E-state index in [1.54, 1.807) is 25.4 Å². The highest BCUT2D eigenvalue weighted by atomic mass is 16.7. The van der Waals surface area contributed by atoms with E-state index in [-0.39, 0.29) is 18.8 Å². The van der Waals surface area contributed by atoms with Crippen LogP contribution < -0.4 is 10.5 Å². The maximum atomic E-state index is 11.7. The van der Waals surface area contributed by atoms with Crippen molar-refractivity contribution in [1.29, 1.82) is 0 Å². The maximum Gasteiger partial charge on any atom is 0.337 e. The van der Waals surface area contributed by atoms with E-state index >= 15 is 0 Å². The molecule has 2 aromatic carbocycles. The Kier molecular flexibility index (Phi) is 6.84. The minimum absolute atomic E-state index is 0.0703. The van der Waals surface area contributed by atoms with Gasteiger partial charge in [-0.2, -0.15) is 5.10 Å². The minimum atomic E-state index is -0.369. The molecule has 0 amide bonds. The van der Waals surface area contributed by atoms with Crippen molar-refractivity contribution in [3.05, 3.63) is 78.1 Å². The SMILES string of the molecule is COCOc1ccccc1-c1cc(-c2cnn(C(C)c3ccc(C(=O)OC)cc3)c2)c(N)nn1. The predicted molar refractivity (Wildman–Crippen MR) is 127 cm³/mol. The van der Waals surface area contributed by atoms with E-state index in [0.29, 0.717) is 28.4 Å². The Bertz CT molecular complexity index is 1290. The van der Waals surface area contributed by atoms with Crippen molar-refractivity contribution in [3.8, 4) is 28.1 Å². The van der Waals surface area contributed by atoms with Crippen molar-refractivity contribution >= 4 is 11.8 Å². The zero-order valence-corrected chi connectivity index (χ0v) is 19.1. The van der Waals surface area contributed by atoms with Crippen LogP contribution in [0.15, 0.2) is 67.0 Å². The zero-order valence-electron chi connectivity index (χ0n) is 19.1. The van der Waals surface area contributed by atoms with Crippen LogP contribution in [0.5, 0.6) is 5.75 Å². The molecule has 9 heteroatoms. The van der Waals surface area contributed by atoms with Crippen LogP contribution in [-0.2, 0) is 9.47 Å². The van der Waals surface area contributed by atoms with Crippen molar-refractivity contribution in [2.45, 2.75) is 13.0 Å². The molecule has 0 saturated carbocycles. The van der Waals surface area contributed by atoms with Gasteiger partial charge >= 0.3 is 5.97 Å². The Hall–Kier alpha value is -4.24. The zero-order chi connectivity index (χ0) is 24.1. The number of benzene rings is 2. The molecule has 0 aliphatic carbocycles. The number of carbonyl (C=O) groups is 1. The molecule has 34 heavy (non-hydrogen) atoms. The minimum Gasteiger partial charge on any atom is -0.467 e. The fourth-order valence-electron chi connectivity index (χ4n) is 3.55. The highest BCUT2D eigenvalue weighted by Crippen LogP contribution is 2.33. The molecule has 4 rings (SSSR count). The fourth-order valence-corrected chi connectivity index (χ4v) is 3.55. The van der Waals surface area contributed by atoms with Gasteiger partial charge in [-0.15, -0.1) is 10.2 Å². The molecule has 0 fully saturated rings. The molecule has 0 aliphatic heterocycles. The first-order chi connectivity index (χ1) is 16.5. The lowest BCUT2D eigenvalue weighted by atomic mass is 10.1. The van der Waals surface area contributed by atoms with E-state index in [4.69, 9.17) is 19.9 Å². The molecule has 1 atom stereocenters. The van der Waals surface area contributed by atoms with Crippen LogP contribution >= 0.6 is 0 Å². The molecule has 174 valence electrons. The van der Waals surface area contributed by atoms with Gasteiger partial charge in [0.1, 0.15) is 5.75 Å². The number of nitrogens with zero attached hydrogens (tertiary/aromatic N) is 4. The van der Waals surface area contributed by atoms with Gasteiger partial charge in [-0.05, 0) is 42.8 Å². The number of hydrogen-bond donors (Lipinski definition) is 1. The largest absolute Gasteiger partial charge is 0.467 e. The summed E-state index contributed by atoms with van der Waals surface area (Å²) in [5.41, 5.74) is 10.6. The third kappa shape index (κ3) is 4.74. The summed E-state index contributed by atoms with van der Waals surface area (Å²) in [5, 5.41) is 12.9. The number of para-hydroxylation sites is 1. The molecule has 0 spiro atoms. The van der Waals surface area contributed by atoms with Crippen LogP contribution in [0, 0.1) is 0 Å². The maximum absolute atomic E-state index is 11.7. The Morgan fingerprint density at radius 3 is 2.56 bits per heavy atom. The number of nitrogens with two attached hydrogens (primary N) is 1. The molecule has 2 aromatic heterocycles. The predicted octanol–water partition coefficient (Wildman–Crippen LogP) is 3.97. The van der Waals surface area contributed by atoms with Gasteiger partial charge in [0, 0.05) is 30.0 Å². The summed E-state index contributed by atoms with van der Waals surface area (Å²) in [6.07, 6.45) is 3.65. The highest BCUT2D eigenvalue weighted by Gasteiger charge is 2.16. The third-order valence-electron chi connectivity index (χ3n) is 5.44. The average Bonchev–Trinajstić information content (AvgIpc) is 3.37. The van der Waals surface area contributed by atoms with Gasteiger partial charge < -0.3 is 19.9 Å². The Balaban J connectivity index is 1.62. The van der Waals surface area contributed by atoms with Crippen LogP contribution in [0.2, 0.25) is 0 Å². The van der Waals surface area contributed by atoms with E-state index < -0.39 is 0 Å². The lowest BCUT2D eigenvalue weighted by molar-refractivity contribution is 0.0515. The summed E-state index contributed by atoms with van der Waals surface area (Å²) in [4.78, 5) is 11.7. The van der Waals surface area contributed by atoms with Gasteiger partial charge in [-0.3, -0.25) is 4.68 Å². The summed E-state index contributed by atoms with van der Waals surface area (Å²) in [6.45, 7) is 2.14. The lowest BCUT2D eigenvalue weighted by Crippen LogP contribution is -2.08. The number of anilines is 1. The number of carbonyl (C=O) groups excluding carboxylic acids is 1. The topological polar surface area (TPSA) is 114 Å². The van der Waals surface area contributed by atoms with Crippen molar-refractivity contribution in [2.24, 2.45) is 0 Å². The second-order valence-corrected chi connectivity index (χ2v) is 7.57. The molecule has 0 radical (unpaired) electrons. The van der Waals surface area contributed by atoms with Gasteiger partial charge in [-0.1, -0.05) is 24.3 Å². The van der Waals surface area contributed by atoms with Crippen molar-refractivity contribution in [1.82, 2.24) is 20.0 Å². The number of ether oxygens (including phenoxy) is 3. The van der Waals surface area contributed by atoms with E-state index in [2.05, 4.69) is 15.3 Å². The van der Waals surface area contributed by atoms with Gasteiger partial charge in [0.15, 0.2) is 12.6 Å². The first-order valence-electron chi connectivity index (χ1n) is 10.6. The first-order valence-corrected chi connectivity index (χ1v) is 10.6. The summed E-state index contributed by atoms with van der Waals surface area (Å²) in [5.74, 6) is 0.564. The standard InChI is InChI=1S/C25H25N5O4/c1-16(17-8-10-18(11-9-17)25(31)33-3)30-14-19(13-27-30)21-12-22(28-29-24(21)26)20-6-4-5-7-23(20)34-15-32-2/h4-14,16H,15H2,1-3H3,(H2,26,29). The molecular weight excluding hydrogens is 434 g/mol. The van der Waals surface area contributed by atoms with E-state index in [1.807, 2.05) is 60.3 Å². The van der Waals surface area contributed by atoms with Crippen molar-refractivity contribution in [3.63, 3.8) is 0 Å². The van der Waals surface area contributed by atoms with Crippen molar-refractivity contribution < 1.29 is 19.0 Å². The number of methoxy groups -OCH3 is 2. The van der Waals surface area contributed by atoms with Crippen molar-refractivity contribution in [2.75, 3.05) is 26.7 Å². The molecule has 4 aromatic rings. The lowest BCUT2D eigenvalue weighted by Gasteiger charge is -2.13. The molecular formula is C25H25N5O4. The quantitative estimate of drug-likeness (QED) is 0.311. The molecule has 9 nitrogen and oxygen atoms in total. The number of hydrogen-bond acceptors (Lipinski definition) is 8. The van der Waals surface area contributed by atoms with Crippen LogP contribution in [0.4, 0.5) is 5.82 Å². The Labute approximate surface area is 197 Å². The monoisotopic (exact) mass is 459 g/mol. The van der Waals surface area contributed by atoms with E-state index in [0.717, 1.165) is 16.7 Å². The molecule has 0 bridgehead atoms. The van der Waals surface area contributed by atoms with Crippen LogP contribution in [-0.4, -0.2) is 47.0 Å². The van der Waals surface area contributed by atoms with E-state index in [1.165, 1.54) is 7.11 Å². The Morgan fingerprint density at radius 2 is 1.82 bits per heavy atom. The smallest absolute Gasteiger partial charge is 0.337 e. The molecule has 0 aliphatic rings. The number of nitrogen functional groups attached to an aromatic ring is 1. The second-order valence-electron chi connectivity index (χ2n) is 7.57. The summed E-state index contributed by atoms with van der Waals surface area (Å²) in [6, 6.07) is 16.6. The van der Waals surface area contributed by atoms with Gasteiger partial charge in [-0.25, -0.2) is 4.79 Å². The van der Waals surface area contributed by atoms with Crippen LogP contribution in [0.1, 0.15) is 28.9 Å². The first kappa shape index (κ1) is 22.9. The van der Waals surface area contributed by atoms with Crippen LogP contribution in [0.25, 0.3) is 22.4 Å². The van der Waals surface area contributed by atoms with Gasteiger partial charge in [0.2, 0.25) is 0 Å². The highest BCUT2D eigenvalue weighted by molar-refractivity contribution is 5.89. The molecule has 0 saturated heterocycles. The number of esters is 1. The number of aromatic nitrogens is 4. The molecule has 1 unspecified atom stereocenters. The van der Waals surface area contributed by atoms with Gasteiger partial charge in [0.25, 0.3) is 0 Å². The average molecular weight is 460 g/mol.